The standard InChI is InChI=1S/C26H26N2O3/c1-17-8-10-19-20(27-17)11-13-23-26(19)31-24(16-29-23)25(28-14-3-2-4-15-28)22-12-9-18-6-5-7-21(18)30-22/h5-13,24-25H,2-4,14-16H2,1H3. The molecule has 6 rings (SSSR count). The maximum absolute atomic E-state index is 6.68. The second-order valence-electron chi connectivity index (χ2n) is 8.60. The third-order valence-electron chi connectivity index (χ3n) is 6.49. The summed E-state index contributed by atoms with van der Waals surface area (Å²) in [6.45, 7) is 4.59. The fourth-order valence-corrected chi connectivity index (χ4v) is 4.94. The normalized spacial score (nSPS) is 20.2. The van der Waals surface area contributed by atoms with Crippen molar-refractivity contribution in [1.82, 2.24) is 9.88 Å². The summed E-state index contributed by atoms with van der Waals surface area (Å²) in [6, 6.07) is 18.5. The van der Waals surface area contributed by atoms with E-state index < -0.39 is 0 Å². The van der Waals surface area contributed by atoms with Crippen molar-refractivity contribution < 1.29 is 13.9 Å². The van der Waals surface area contributed by atoms with Crippen molar-refractivity contribution in [3.8, 4) is 22.8 Å². The highest BCUT2D eigenvalue weighted by molar-refractivity contribution is 5.88. The highest BCUT2D eigenvalue weighted by Gasteiger charge is 2.37. The molecule has 158 valence electrons. The Labute approximate surface area is 181 Å². The maximum atomic E-state index is 6.68. The highest BCUT2D eigenvalue weighted by atomic mass is 16.6. The summed E-state index contributed by atoms with van der Waals surface area (Å²) >= 11 is 0. The Kier molecular flexibility index (Phi) is 4.57. The molecule has 1 saturated heterocycles. The molecule has 1 aromatic heterocycles. The van der Waals surface area contributed by atoms with E-state index in [-0.39, 0.29) is 12.1 Å². The van der Waals surface area contributed by atoms with E-state index in [1.807, 2.05) is 37.3 Å². The van der Waals surface area contributed by atoms with E-state index in [0.717, 1.165) is 58.3 Å². The molecule has 3 aliphatic heterocycles. The molecule has 1 aromatic carbocycles. The summed E-state index contributed by atoms with van der Waals surface area (Å²) in [5.41, 5.74) is 3.05. The minimum Gasteiger partial charge on any atom is -0.486 e. The average Bonchev–Trinajstić information content (AvgIpc) is 3.28. The summed E-state index contributed by atoms with van der Waals surface area (Å²) in [5, 5.41) is 0.994. The number of hydrogen-bond acceptors (Lipinski definition) is 5. The van der Waals surface area contributed by atoms with Crippen LogP contribution in [0, 0.1) is 6.92 Å². The van der Waals surface area contributed by atoms with Crippen LogP contribution in [0.2, 0.25) is 0 Å². The van der Waals surface area contributed by atoms with Crippen LogP contribution >= 0.6 is 0 Å². The average molecular weight is 415 g/mol. The molecule has 5 heteroatoms. The van der Waals surface area contributed by atoms with E-state index >= 15 is 0 Å². The quantitative estimate of drug-likeness (QED) is 0.436. The molecular formula is C26H26N2O3. The molecule has 0 amide bonds. The Morgan fingerprint density at radius 1 is 0.968 bits per heavy atom. The van der Waals surface area contributed by atoms with Crippen molar-refractivity contribution in [3.63, 3.8) is 0 Å². The lowest BCUT2D eigenvalue weighted by Gasteiger charge is -2.40. The lowest BCUT2D eigenvalue weighted by atomic mass is 10.0. The van der Waals surface area contributed by atoms with E-state index in [0.29, 0.717) is 6.61 Å². The minimum absolute atomic E-state index is 0.00131. The third-order valence-corrected chi connectivity index (χ3v) is 6.49. The van der Waals surface area contributed by atoms with Crippen molar-refractivity contribution >= 4 is 10.9 Å². The van der Waals surface area contributed by atoms with Crippen molar-refractivity contribution in [2.75, 3.05) is 19.7 Å². The largest absolute Gasteiger partial charge is 0.486 e. The first-order chi connectivity index (χ1) is 15.3. The van der Waals surface area contributed by atoms with E-state index in [1.165, 1.54) is 19.3 Å². The van der Waals surface area contributed by atoms with Gasteiger partial charge in [-0.25, -0.2) is 0 Å². The molecule has 2 unspecified atom stereocenters. The fourth-order valence-electron chi connectivity index (χ4n) is 4.94. The summed E-state index contributed by atoms with van der Waals surface area (Å²) in [6.07, 6.45) is 3.52. The number of likely N-dealkylation sites (tertiary alicyclic amines) is 1. The first-order valence-electron chi connectivity index (χ1n) is 11.2. The van der Waals surface area contributed by atoms with Crippen LogP contribution in [0.1, 0.15) is 36.8 Å². The van der Waals surface area contributed by atoms with Gasteiger partial charge in [-0.2, -0.15) is 0 Å². The van der Waals surface area contributed by atoms with Crippen LogP contribution in [0.4, 0.5) is 0 Å². The second kappa shape index (κ2) is 7.57. The smallest absolute Gasteiger partial charge is 0.171 e. The zero-order valence-electron chi connectivity index (χ0n) is 17.7. The number of piperidine rings is 1. The molecule has 4 heterocycles. The van der Waals surface area contributed by atoms with Gasteiger partial charge >= 0.3 is 0 Å². The number of aryl methyl sites for hydroxylation is 1. The van der Waals surface area contributed by atoms with Gasteiger partial charge in [0.25, 0.3) is 0 Å². The van der Waals surface area contributed by atoms with Crippen LogP contribution in [0.25, 0.3) is 22.2 Å². The van der Waals surface area contributed by atoms with Crippen LogP contribution in [0.5, 0.6) is 11.5 Å². The van der Waals surface area contributed by atoms with Crippen molar-refractivity contribution in [3.05, 3.63) is 66.1 Å². The number of pyridine rings is 1. The zero-order valence-corrected chi connectivity index (χ0v) is 17.7. The molecule has 0 radical (unpaired) electrons. The number of rotatable bonds is 3. The zero-order chi connectivity index (χ0) is 20.8. The van der Waals surface area contributed by atoms with Crippen molar-refractivity contribution in [1.29, 1.82) is 0 Å². The maximum Gasteiger partial charge on any atom is 0.171 e. The van der Waals surface area contributed by atoms with Gasteiger partial charge in [0.15, 0.2) is 17.6 Å². The van der Waals surface area contributed by atoms with Crippen LogP contribution in [0.15, 0.2) is 59.0 Å². The van der Waals surface area contributed by atoms with Gasteiger partial charge in [0.05, 0.1) is 5.52 Å². The van der Waals surface area contributed by atoms with Gasteiger partial charge in [-0.05, 0) is 75.3 Å². The number of ether oxygens (including phenoxy) is 2. The van der Waals surface area contributed by atoms with Crippen molar-refractivity contribution in [2.24, 2.45) is 0 Å². The van der Waals surface area contributed by atoms with Gasteiger partial charge in [0.1, 0.15) is 24.2 Å². The Morgan fingerprint density at radius 2 is 1.87 bits per heavy atom. The number of benzene rings is 1. The van der Waals surface area contributed by atoms with Gasteiger partial charge in [0.2, 0.25) is 0 Å². The second-order valence-corrected chi connectivity index (χ2v) is 8.60. The van der Waals surface area contributed by atoms with Gasteiger partial charge in [-0.15, -0.1) is 0 Å². The van der Waals surface area contributed by atoms with Crippen LogP contribution < -0.4 is 9.47 Å². The lowest BCUT2D eigenvalue weighted by Crippen LogP contribution is -2.45. The van der Waals surface area contributed by atoms with Gasteiger partial charge in [-0.3, -0.25) is 9.88 Å². The SMILES string of the molecule is Cc1ccc2c3c(ccc2n1)OCC(C(c1ccc2cccc-2o1)N1CCCCC1)O3. The Hall–Kier alpha value is -3.05. The molecule has 4 aliphatic rings. The minimum atomic E-state index is -0.159. The first-order valence-corrected chi connectivity index (χ1v) is 11.2. The molecular weight excluding hydrogens is 388 g/mol. The molecule has 31 heavy (non-hydrogen) atoms. The first kappa shape index (κ1) is 18.7. The Morgan fingerprint density at radius 3 is 2.77 bits per heavy atom. The fraction of sp³-hybridized carbons (Fsp3) is 0.346. The van der Waals surface area contributed by atoms with Gasteiger partial charge in [-0.1, -0.05) is 18.6 Å². The predicted molar refractivity (Wildman–Crippen MR) is 120 cm³/mol. The molecule has 1 fully saturated rings. The van der Waals surface area contributed by atoms with Crippen molar-refractivity contribution in [2.45, 2.75) is 38.3 Å². The highest BCUT2D eigenvalue weighted by Crippen LogP contribution is 2.42. The molecule has 0 bridgehead atoms. The molecule has 0 saturated carbocycles. The van der Waals surface area contributed by atoms with Crippen LogP contribution in [-0.4, -0.2) is 35.7 Å². The van der Waals surface area contributed by atoms with E-state index in [4.69, 9.17) is 13.9 Å². The Bertz CT molecular complexity index is 1190. The molecule has 0 spiro atoms. The summed E-state index contributed by atoms with van der Waals surface area (Å²) in [4.78, 5) is 7.17. The summed E-state index contributed by atoms with van der Waals surface area (Å²) in [5.74, 6) is 3.43. The lowest BCUT2D eigenvalue weighted by molar-refractivity contribution is -0.00209. The third kappa shape index (κ3) is 3.33. The Balaban J connectivity index is 1.41. The van der Waals surface area contributed by atoms with Gasteiger partial charge in [0, 0.05) is 16.6 Å². The molecule has 5 nitrogen and oxygen atoms in total. The van der Waals surface area contributed by atoms with E-state index in [1.54, 1.807) is 0 Å². The number of fused-ring (bicyclic) bond motifs is 4. The molecule has 0 N–H and O–H groups in total. The number of nitrogens with zero attached hydrogens (tertiary/aromatic N) is 2. The van der Waals surface area contributed by atoms with Crippen LogP contribution in [-0.2, 0) is 0 Å². The van der Waals surface area contributed by atoms with E-state index in [9.17, 15) is 0 Å². The summed E-state index contributed by atoms with van der Waals surface area (Å²) < 4.78 is 19.3. The predicted octanol–water partition coefficient (Wildman–Crippen LogP) is 5.61. The monoisotopic (exact) mass is 414 g/mol. The number of hydrogen-bond donors (Lipinski definition) is 0. The molecule has 2 aromatic rings. The topological polar surface area (TPSA) is 47.7 Å². The van der Waals surface area contributed by atoms with Gasteiger partial charge < -0.3 is 13.9 Å². The van der Waals surface area contributed by atoms with Crippen LogP contribution in [0.3, 0.4) is 0 Å². The van der Waals surface area contributed by atoms with E-state index in [2.05, 4.69) is 34.1 Å². The summed E-state index contributed by atoms with van der Waals surface area (Å²) in [7, 11) is 0. The molecule has 1 aliphatic carbocycles. The molecule has 2 atom stereocenters. The number of aromatic nitrogens is 1.